The Labute approximate surface area is 103 Å². The largest absolute Gasteiger partial charge is 0.468 e. The van der Waals surface area contributed by atoms with E-state index in [0.29, 0.717) is 24.5 Å². The maximum Gasteiger partial charge on any atom is 0.324 e. The number of ether oxygens (including phenoxy) is 1. The molecule has 1 atom stereocenters. The van der Waals surface area contributed by atoms with Crippen molar-refractivity contribution >= 4 is 23.2 Å². The third-order valence-electron chi connectivity index (χ3n) is 2.68. The molecule has 0 unspecified atom stereocenters. The minimum Gasteiger partial charge on any atom is -0.468 e. The van der Waals surface area contributed by atoms with Crippen molar-refractivity contribution in [2.24, 2.45) is 0 Å². The fraction of sp³-hybridized carbons (Fsp3) is 0.455. The lowest BCUT2D eigenvalue weighted by molar-refractivity contribution is -0.144. The molecule has 0 saturated carbocycles. The van der Waals surface area contributed by atoms with Gasteiger partial charge in [-0.3, -0.25) is 9.59 Å². The molecule has 1 amide bonds. The second-order valence-electron chi connectivity index (χ2n) is 3.76. The van der Waals surface area contributed by atoms with Gasteiger partial charge in [-0.1, -0.05) is 6.07 Å². The monoisotopic (exact) mass is 254 g/mol. The lowest BCUT2D eigenvalue weighted by Gasteiger charge is -2.31. The molecule has 1 aliphatic rings. The minimum atomic E-state index is -0.419. The molecule has 0 aromatic carbocycles. The van der Waals surface area contributed by atoms with Crippen LogP contribution in [0, 0.1) is 0 Å². The molecule has 1 aliphatic heterocycles. The number of nitrogens with one attached hydrogen (secondary N) is 1. The van der Waals surface area contributed by atoms with Gasteiger partial charge in [-0.2, -0.15) is 0 Å². The summed E-state index contributed by atoms with van der Waals surface area (Å²) in [4.78, 5) is 25.9. The van der Waals surface area contributed by atoms with Crippen LogP contribution in [-0.2, 0) is 9.53 Å². The molecule has 1 N–H and O–H groups in total. The standard InChI is InChI=1S/C11H14N2O3S/c1-16-11(15)8-7-13(5-4-12-8)10(14)9-3-2-6-17-9/h2-3,6,8,12H,4-5,7H2,1H3/t8-/m0/s1. The number of carbonyl (C=O) groups is 2. The van der Waals surface area contributed by atoms with Crippen molar-refractivity contribution in [3.63, 3.8) is 0 Å². The minimum absolute atomic E-state index is 0.0181. The average molecular weight is 254 g/mol. The molecule has 0 bridgehead atoms. The molecule has 6 heteroatoms. The number of hydrogen-bond donors (Lipinski definition) is 1. The first-order chi connectivity index (χ1) is 8.22. The number of hydrogen-bond acceptors (Lipinski definition) is 5. The summed E-state index contributed by atoms with van der Waals surface area (Å²) in [6, 6.07) is 3.22. The molecule has 1 aromatic heterocycles. The average Bonchev–Trinajstić information content (AvgIpc) is 2.91. The highest BCUT2D eigenvalue weighted by molar-refractivity contribution is 7.12. The van der Waals surface area contributed by atoms with E-state index in [1.165, 1.54) is 18.4 Å². The highest BCUT2D eigenvalue weighted by atomic mass is 32.1. The first kappa shape index (κ1) is 12.1. The summed E-state index contributed by atoms with van der Waals surface area (Å²) < 4.78 is 4.67. The molecule has 92 valence electrons. The lowest BCUT2D eigenvalue weighted by Crippen LogP contribution is -2.55. The van der Waals surface area contributed by atoms with Gasteiger partial charge < -0.3 is 15.0 Å². The molecular formula is C11H14N2O3S. The predicted octanol–water partition coefficient (Wildman–Crippen LogP) is 0.335. The number of carbonyl (C=O) groups excluding carboxylic acids is 2. The number of methoxy groups -OCH3 is 1. The van der Waals surface area contributed by atoms with Gasteiger partial charge in [-0.15, -0.1) is 11.3 Å². The van der Waals surface area contributed by atoms with Crippen LogP contribution in [-0.4, -0.2) is 49.6 Å². The maximum absolute atomic E-state index is 12.1. The van der Waals surface area contributed by atoms with Crippen LogP contribution in [0.25, 0.3) is 0 Å². The van der Waals surface area contributed by atoms with Gasteiger partial charge in [0, 0.05) is 19.6 Å². The molecule has 5 nitrogen and oxygen atoms in total. The van der Waals surface area contributed by atoms with Crippen LogP contribution in [0.2, 0.25) is 0 Å². The van der Waals surface area contributed by atoms with Crippen molar-refractivity contribution in [2.45, 2.75) is 6.04 Å². The van der Waals surface area contributed by atoms with Crippen molar-refractivity contribution in [1.82, 2.24) is 10.2 Å². The SMILES string of the molecule is COC(=O)[C@@H]1CN(C(=O)c2cccs2)CCN1. The molecule has 0 aliphatic carbocycles. The van der Waals surface area contributed by atoms with Crippen LogP contribution >= 0.6 is 11.3 Å². The Hall–Kier alpha value is -1.40. The Balaban J connectivity index is 2.02. The van der Waals surface area contributed by atoms with E-state index in [9.17, 15) is 9.59 Å². The second kappa shape index (κ2) is 5.29. The van der Waals surface area contributed by atoms with Crippen LogP contribution in [0.1, 0.15) is 9.67 Å². The maximum atomic E-state index is 12.1. The lowest BCUT2D eigenvalue weighted by atomic mass is 10.2. The van der Waals surface area contributed by atoms with Gasteiger partial charge in [0.1, 0.15) is 6.04 Å². The third-order valence-corrected chi connectivity index (χ3v) is 3.54. The van der Waals surface area contributed by atoms with Crippen molar-refractivity contribution in [3.8, 4) is 0 Å². The summed E-state index contributed by atoms with van der Waals surface area (Å²) in [6.07, 6.45) is 0. The van der Waals surface area contributed by atoms with Gasteiger partial charge in [0.15, 0.2) is 0 Å². The summed E-state index contributed by atoms with van der Waals surface area (Å²) in [5.74, 6) is -0.343. The second-order valence-corrected chi connectivity index (χ2v) is 4.71. The number of piperazine rings is 1. The zero-order valence-electron chi connectivity index (χ0n) is 9.51. The molecule has 2 heterocycles. The quantitative estimate of drug-likeness (QED) is 0.773. The highest BCUT2D eigenvalue weighted by Crippen LogP contribution is 2.13. The van der Waals surface area contributed by atoms with Crippen molar-refractivity contribution in [2.75, 3.05) is 26.7 Å². The van der Waals surface area contributed by atoms with E-state index in [1.54, 1.807) is 11.0 Å². The van der Waals surface area contributed by atoms with Crippen molar-refractivity contribution in [1.29, 1.82) is 0 Å². The zero-order chi connectivity index (χ0) is 12.3. The summed E-state index contributed by atoms with van der Waals surface area (Å²) in [5, 5.41) is 4.90. The van der Waals surface area contributed by atoms with Gasteiger partial charge >= 0.3 is 5.97 Å². The first-order valence-corrected chi connectivity index (χ1v) is 6.24. The van der Waals surface area contributed by atoms with Gasteiger partial charge in [0.05, 0.1) is 12.0 Å². The van der Waals surface area contributed by atoms with Crippen LogP contribution in [0.4, 0.5) is 0 Å². The molecule has 17 heavy (non-hydrogen) atoms. The topological polar surface area (TPSA) is 58.6 Å². The Morgan fingerprint density at radius 2 is 2.41 bits per heavy atom. The van der Waals surface area contributed by atoms with E-state index in [-0.39, 0.29) is 11.9 Å². The summed E-state index contributed by atoms with van der Waals surface area (Å²) in [5.41, 5.74) is 0. The molecule has 1 saturated heterocycles. The van der Waals surface area contributed by atoms with Crippen molar-refractivity contribution < 1.29 is 14.3 Å². The Bertz CT molecular complexity index is 405. The number of esters is 1. The van der Waals surface area contributed by atoms with E-state index < -0.39 is 6.04 Å². The van der Waals surface area contributed by atoms with Crippen molar-refractivity contribution in [3.05, 3.63) is 22.4 Å². The fourth-order valence-corrected chi connectivity index (χ4v) is 2.48. The van der Waals surface area contributed by atoms with E-state index in [4.69, 9.17) is 0 Å². The molecular weight excluding hydrogens is 240 g/mol. The Morgan fingerprint density at radius 3 is 3.06 bits per heavy atom. The normalized spacial score (nSPS) is 20.1. The van der Waals surface area contributed by atoms with Crippen LogP contribution in [0.3, 0.4) is 0 Å². The summed E-state index contributed by atoms with van der Waals surface area (Å²) >= 11 is 1.41. The number of amides is 1. The predicted molar refractivity (Wildman–Crippen MR) is 64.0 cm³/mol. The van der Waals surface area contributed by atoms with Gasteiger partial charge in [-0.05, 0) is 11.4 Å². The molecule has 2 rings (SSSR count). The highest BCUT2D eigenvalue weighted by Gasteiger charge is 2.29. The third kappa shape index (κ3) is 2.65. The molecule has 1 aromatic rings. The first-order valence-electron chi connectivity index (χ1n) is 5.36. The smallest absolute Gasteiger partial charge is 0.324 e. The van der Waals surface area contributed by atoms with Crippen LogP contribution < -0.4 is 5.32 Å². The summed E-state index contributed by atoms with van der Waals surface area (Å²) in [6.45, 7) is 1.59. The molecule has 0 radical (unpaired) electrons. The summed E-state index contributed by atoms with van der Waals surface area (Å²) in [7, 11) is 1.35. The Morgan fingerprint density at radius 1 is 1.59 bits per heavy atom. The Kier molecular flexibility index (Phi) is 3.75. The van der Waals surface area contributed by atoms with Crippen LogP contribution in [0.5, 0.6) is 0 Å². The number of nitrogens with zero attached hydrogens (tertiary/aromatic N) is 1. The van der Waals surface area contributed by atoms with Gasteiger partial charge in [0.2, 0.25) is 0 Å². The fourth-order valence-electron chi connectivity index (χ4n) is 1.79. The number of rotatable bonds is 2. The van der Waals surface area contributed by atoms with E-state index >= 15 is 0 Å². The van der Waals surface area contributed by atoms with E-state index in [2.05, 4.69) is 10.1 Å². The molecule has 1 fully saturated rings. The zero-order valence-corrected chi connectivity index (χ0v) is 10.3. The van der Waals surface area contributed by atoms with Gasteiger partial charge in [-0.25, -0.2) is 0 Å². The molecule has 0 spiro atoms. The van der Waals surface area contributed by atoms with Gasteiger partial charge in [0.25, 0.3) is 5.91 Å². The number of thiophene rings is 1. The van der Waals surface area contributed by atoms with E-state index in [1.807, 2.05) is 11.4 Å². The van der Waals surface area contributed by atoms with E-state index in [0.717, 1.165) is 0 Å². The van der Waals surface area contributed by atoms with Crippen LogP contribution in [0.15, 0.2) is 17.5 Å².